The number of hydrogen-bond acceptors (Lipinski definition) is 6. The Morgan fingerprint density at radius 3 is 2.00 bits per heavy atom. The van der Waals surface area contributed by atoms with Gasteiger partial charge in [0.2, 0.25) is 0 Å². The second kappa shape index (κ2) is 6.18. The van der Waals surface area contributed by atoms with Crippen molar-refractivity contribution in [3.8, 4) is 11.5 Å². The van der Waals surface area contributed by atoms with Crippen LogP contribution in [0.2, 0.25) is 0 Å². The number of benzene rings is 3. The molecule has 1 fully saturated rings. The largest absolute Gasteiger partial charge is 0.497 e. The first kappa shape index (κ1) is 20.1. The van der Waals surface area contributed by atoms with Crippen molar-refractivity contribution in [3.05, 3.63) is 47.5 Å². The Morgan fingerprint density at radius 2 is 1.44 bits per heavy atom. The number of amides is 2. The van der Waals surface area contributed by atoms with Gasteiger partial charge in [-0.3, -0.25) is 14.9 Å². The minimum atomic E-state index is -1.45. The minimum Gasteiger partial charge on any atom is -0.497 e. The predicted octanol–water partition coefficient (Wildman–Crippen LogP) is 3.34. The molecule has 180 valence electrons. The fourth-order valence-corrected chi connectivity index (χ4v) is 7.03. The fourth-order valence-electron chi connectivity index (χ4n) is 7.03. The van der Waals surface area contributed by atoms with Crippen molar-refractivity contribution in [1.82, 2.24) is 14.5 Å². The van der Waals surface area contributed by atoms with Gasteiger partial charge in [0, 0.05) is 45.0 Å². The van der Waals surface area contributed by atoms with E-state index in [4.69, 9.17) is 15.2 Å². The van der Waals surface area contributed by atoms with E-state index in [1.807, 2.05) is 36.4 Å². The molecule has 2 aromatic heterocycles. The van der Waals surface area contributed by atoms with E-state index in [9.17, 15) is 14.7 Å². The molecule has 1 unspecified atom stereocenters. The Kier molecular flexibility index (Phi) is 3.46. The second-order valence-corrected chi connectivity index (χ2v) is 10.1. The molecule has 0 spiro atoms. The van der Waals surface area contributed by atoms with E-state index in [0.29, 0.717) is 40.9 Å². The number of carbonyl (C=O) groups excluding carboxylic acids is 2. The number of rotatable bonds is 2. The SMILES string of the molecule is COc1ccc2c(c1)c1c3c(c4c5cc(OC)ccc5n5c4c1n2C1C[C@H]5C[C@@]1(N)O)C(=O)NC3=O. The molecule has 2 bridgehead atoms. The summed E-state index contributed by atoms with van der Waals surface area (Å²) < 4.78 is 15.3. The minimum absolute atomic E-state index is 0.0898. The van der Waals surface area contributed by atoms with Crippen LogP contribution in [-0.4, -0.2) is 46.0 Å². The first-order valence-electron chi connectivity index (χ1n) is 11.9. The van der Waals surface area contributed by atoms with Crippen LogP contribution in [0.3, 0.4) is 0 Å². The first-order chi connectivity index (χ1) is 17.3. The van der Waals surface area contributed by atoms with Crippen molar-refractivity contribution in [2.24, 2.45) is 5.73 Å². The van der Waals surface area contributed by atoms with Crippen molar-refractivity contribution in [1.29, 1.82) is 0 Å². The molecule has 1 aliphatic carbocycles. The average Bonchev–Trinajstić information content (AvgIpc) is 3.52. The van der Waals surface area contributed by atoms with E-state index in [2.05, 4.69) is 14.5 Å². The number of carbonyl (C=O) groups is 2. The molecule has 1 saturated carbocycles. The van der Waals surface area contributed by atoms with Gasteiger partial charge in [-0.25, -0.2) is 0 Å². The molecule has 0 radical (unpaired) electrons. The molecule has 36 heavy (non-hydrogen) atoms. The number of nitrogens with two attached hydrogens (primary N) is 1. The highest BCUT2D eigenvalue weighted by Crippen LogP contribution is 2.55. The molecule has 2 aliphatic heterocycles. The van der Waals surface area contributed by atoms with E-state index >= 15 is 0 Å². The highest BCUT2D eigenvalue weighted by molar-refractivity contribution is 6.39. The molecule has 0 saturated heterocycles. The number of aliphatic hydroxyl groups is 1. The number of imide groups is 1. The molecule has 8 rings (SSSR count). The zero-order valence-electron chi connectivity index (χ0n) is 19.6. The zero-order valence-corrected chi connectivity index (χ0v) is 19.6. The molecule has 5 aromatic rings. The van der Waals surface area contributed by atoms with Gasteiger partial charge in [-0.1, -0.05) is 0 Å². The van der Waals surface area contributed by atoms with Gasteiger partial charge in [0.1, 0.15) is 17.2 Å². The summed E-state index contributed by atoms with van der Waals surface area (Å²) in [5, 5.41) is 17.0. The third-order valence-electron chi connectivity index (χ3n) is 8.39. The molecule has 3 aromatic carbocycles. The van der Waals surface area contributed by atoms with E-state index in [1.165, 1.54) is 0 Å². The van der Waals surface area contributed by atoms with Crippen LogP contribution < -0.4 is 20.5 Å². The maximum Gasteiger partial charge on any atom is 0.259 e. The summed E-state index contributed by atoms with van der Waals surface area (Å²) in [6.45, 7) is 0. The summed E-state index contributed by atoms with van der Waals surface area (Å²) in [4.78, 5) is 26.6. The summed E-state index contributed by atoms with van der Waals surface area (Å²) >= 11 is 0. The van der Waals surface area contributed by atoms with E-state index < -0.39 is 23.6 Å². The third-order valence-corrected chi connectivity index (χ3v) is 8.39. The molecule has 4 N–H and O–H groups in total. The molecule has 3 aliphatic rings. The predicted molar refractivity (Wildman–Crippen MR) is 134 cm³/mol. The van der Waals surface area contributed by atoms with Crippen molar-refractivity contribution < 1.29 is 24.2 Å². The average molecular weight is 482 g/mol. The van der Waals surface area contributed by atoms with Gasteiger partial charge in [0.25, 0.3) is 11.8 Å². The molecular weight excluding hydrogens is 460 g/mol. The second-order valence-electron chi connectivity index (χ2n) is 10.1. The van der Waals surface area contributed by atoms with Crippen LogP contribution in [0.1, 0.15) is 45.6 Å². The van der Waals surface area contributed by atoms with Crippen LogP contribution in [0.5, 0.6) is 11.5 Å². The smallest absolute Gasteiger partial charge is 0.259 e. The fraction of sp³-hybridized carbons (Fsp3) is 0.259. The third kappa shape index (κ3) is 2.11. The molecule has 9 heteroatoms. The van der Waals surface area contributed by atoms with Gasteiger partial charge < -0.3 is 29.4 Å². The standard InChI is InChI=1S/C27H22N4O5/c1-35-12-3-5-16-14(8-12)19-21-22(26(33)29-25(21)32)20-15-9-13(36-2)4-6-17(15)31-18-7-11(10-27(18,28)34)30(16)23(19)24(20)31/h3-6,8-9,11,18,34H,7,10,28H2,1-2H3,(H,29,32,33)/t11-,18?,27+/m0/s1. The summed E-state index contributed by atoms with van der Waals surface area (Å²) in [6, 6.07) is 11.0. The summed E-state index contributed by atoms with van der Waals surface area (Å²) in [5.74, 6) is 0.448. The van der Waals surface area contributed by atoms with Gasteiger partial charge in [-0.15, -0.1) is 0 Å². The lowest BCUT2D eigenvalue weighted by Gasteiger charge is -2.29. The van der Waals surface area contributed by atoms with Crippen molar-refractivity contribution in [2.45, 2.75) is 30.7 Å². The Morgan fingerprint density at radius 1 is 0.917 bits per heavy atom. The van der Waals surface area contributed by atoms with Gasteiger partial charge in [-0.05, 0) is 42.8 Å². The molecule has 9 nitrogen and oxygen atoms in total. The van der Waals surface area contributed by atoms with Gasteiger partial charge in [0.15, 0.2) is 0 Å². The molecule has 3 atom stereocenters. The highest BCUT2D eigenvalue weighted by atomic mass is 16.5. The van der Waals surface area contributed by atoms with Gasteiger partial charge >= 0.3 is 0 Å². The number of fused-ring (bicyclic) bond motifs is 13. The van der Waals surface area contributed by atoms with Gasteiger partial charge in [-0.2, -0.15) is 0 Å². The van der Waals surface area contributed by atoms with Crippen LogP contribution >= 0.6 is 0 Å². The Hall–Kier alpha value is -4.08. The van der Waals surface area contributed by atoms with Crippen LogP contribution in [-0.2, 0) is 0 Å². The first-order valence-corrected chi connectivity index (χ1v) is 11.9. The quantitative estimate of drug-likeness (QED) is 0.262. The highest BCUT2D eigenvalue weighted by Gasteiger charge is 2.50. The number of methoxy groups -OCH3 is 2. The Labute approximate surface area is 203 Å². The molecule has 2 amide bonds. The normalized spacial score (nSPS) is 24.3. The number of hydrogen-bond donors (Lipinski definition) is 3. The van der Waals surface area contributed by atoms with Crippen LogP contribution in [0.15, 0.2) is 36.4 Å². The summed E-state index contributed by atoms with van der Waals surface area (Å²) in [5.41, 5.74) is 9.24. The Bertz CT molecular complexity index is 1880. The van der Waals surface area contributed by atoms with Crippen LogP contribution in [0.25, 0.3) is 43.6 Å². The number of ether oxygens (including phenoxy) is 2. The number of nitrogens with one attached hydrogen (secondary N) is 1. The lowest BCUT2D eigenvalue weighted by molar-refractivity contribution is 0.0147. The number of nitrogens with zero attached hydrogens (tertiary/aromatic N) is 2. The van der Waals surface area contributed by atoms with Crippen molar-refractivity contribution in [2.75, 3.05) is 14.2 Å². The number of aromatic nitrogens is 2. The van der Waals surface area contributed by atoms with Crippen LogP contribution in [0, 0.1) is 0 Å². The Balaban J connectivity index is 1.74. The molecular formula is C27H22N4O5. The summed E-state index contributed by atoms with van der Waals surface area (Å²) in [6.07, 6.45) is 0.976. The van der Waals surface area contributed by atoms with Crippen molar-refractivity contribution in [3.63, 3.8) is 0 Å². The van der Waals surface area contributed by atoms with E-state index in [1.54, 1.807) is 14.2 Å². The monoisotopic (exact) mass is 482 g/mol. The molecule has 4 heterocycles. The lowest BCUT2D eigenvalue weighted by atomic mass is 9.96. The summed E-state index contributed by atoms with van der Waals surface area (Å²) in [7, 11) is 3.19. The maximum absolute atomic E-state index is 13.3. The zero-order chi connectivity index (χ0) is 24.7. The van der Waals surface area contributed by atoms with Gasteiger partial charge in [0.05, 0.1) is 42.4 Å². The van der Waals surface area contributed by atoms with Crippen molar-refractivity contribution >= 4 is 55.4 Å². The topological polar surface area (TPSA) is 121 Å². The van der Waals surface area contributed by atoms with E-state index in [-0.39, 0.29) is 6.04 Å². The lowest BCUT2D eigenvalue weighted by Crippen LogP contribution is -2.44. The van der Waals surface area contributed by atoms with E-state index in [0.717, 1.165) is 38.2 Å². The van der Waals surface area contributed by atoms with Crippen LogP contribution in [0.4, 0.5) is 0 Å². The maximum atomic E-state index is 13.3.